The lowest BCUT2D eigenvalue weighted by molar-refractivity contribution is -0.126. The highest BCUT2D eigenvalue weighted by molar-refractivity contribution is 6.33. The van der Waals surface area contributed by atoms with Crippen LogP contribution < -0.4 is 14.4 Å². The Balaban J connectivity index is 1.46. The van der Waals surface area contributed by atoms with Gasteiger partial charge in [-0.2, -0.15) is 20.1 Å². The van der Waals surface area contributed by atoms with Crippen molar-refractivity contribution < 1.29 is 23.4 Å². The second kappa shape index (κ2) is 11.5. The topological polar surface area (TPSA) is 122 Å². The molecule has 0 aliphatic carbocycles. The molecule has 12 nitrogen and oxygen atoms in total. The molecule has 2 fully saturated rings. The van der Waals surface area contributed by atoms with Crippen molar-refractivity contribution in [3.63, 3.8) is 0 Å². The van der Waals surface area contributed by atoms with E-state index in [1.807, 2.05) is 11.9 Å². The number of nitrogens with one attached hydrogen (secondary N) is 1. The van der Waals surface area contributed by atoms with E-state index in [0.717, 1.165) is 0 Å². The van der Waals surface area contributed by atoms with Crippen LogP contribution in [0.15, 0.2) is 31.0 Å². The molecule has 0 spiro atoms. The average molecular weight is 617 g/mol. The lowest BCUT2D eigenvalue weighted by Crippen LogP contribution is -2.48. The summed E-state index contributed by atoms with van der Waals surface area (Å²) in [5.74, 6) is -0.325. The number of H-pyrrole nitrogens is 1. The summed E-state index contributed by atoms with van der Waals surface area (Å²) < 4.78 is 32.8. The lowest BCUT2D eigenvalue weighted by Gasteiger charge is -2.35. The first-order chi connectivity index (χ1) is 20.2. The van der Waals surface area contributed by atoms with Gasteiger partial charge in [0, 0.05) is 52.4 Å². The van der Waals surface area contributed by atoms with Crippen LogP contribution in [-0.4, -0.2) is 106 Å². The molecule has 2 aliphatic heterocycles. The van der Waals surface area contributed by atoms with Crippen molar-refractivity contribution in [1.29, 1.82) is 0 Å². The standard InChI is InChI=1S/C27H27Cl2FN8O4/c1-4-21(39)37-5-7-38(8-6-37)25-14-9-20(28)32-26(42-24-15-11-31-35-17(15)10-16(30)22(24)29)23(14)33-27(34-25)41-19-13-36(2)12-18(19)40-3/h4,9-11,18-19H,1,5-8,12-13H2,2-3H3,(H,31,35)/t18-,19-/m1/s1. The number of rotatable bonds is 7. The molecule has 5 heterocycles. The Kier molecular flexibility index (Phi) is 7.75. The quantitative estimate of drug-likeness (QED) is 0.243. The summed E-state index contributed by atoms with van der Waals surface area (Å²) in [6.45, 7) is 6.78. The summed E-state index contributed by atoms with van der Waals surface area (Å²) in [6.07, 6.45) is 2.25. The number of carbonyl (C=O) groups is 1. The number of fused-ring (bicyclic) bond motifs is 2. The molecule has 0 radical (unpaired) electrons. The number of pyridine rings is 1. The molecule has 6 rings (SSSR count). The van der Waals surface area contributed by atoms with Crippen LogP contribution in [0, 0.1) is 5.82 Å². The highest BCUT2D eigenvalue weighted by atomic mass is 35.5. The lowest BCUT2D eigenvalue weighted by atomic mass is 10.2. The number of amides is 1. The van der Waals surface area contributed by atoms with Crippen LogP contribution in [0.4, 0.5) is 10.2 Å². The Morgan fingerprint density at radius 3 is 2.62 bits per heavy atom. The molecule has 0 unspecified atom stereocenters. The van der Waals surface area contributed by atoms with Crippen molar-refractivity contribution >= 4 is 56.7 Å². The fourth-order valence-corrected chi connectivity index (χ4v) is 5.65. The molecule has 15 heteroatoms. The molecule has 1 N–H and O–H groups in total. The Morgan fingerprint density at radius 1 is 1.12 bits per heavy atom. The van der Waals surface area contributed by atoms with E-state index in [9.17, 15) is 9.18 Å². The van der Waals surface area contributed by atoms with Crippen molar-refractivity contribution in [3.8, 4) is 17.6 Å². The summed E-state index contributed by atoms with van der Waals surface area (Å²) in [4.78, 5) is 31.9. The zero-order valence-corrected chi connectivity index (χ0v) is 24.3. The summed E-state index contributed by atoms with van der Waals surface area (Å²) in [7, 11) is 3.61. The number of hydrogen-bond donors (Lipinski definition) is 1. The molecule has 42 heavy (non-hydrogen) atoms. The average Bonchev–Trinajstić information content (AvgIpc) is 3.60. The Hall–Kier alpha value is -3.78. The van der Waals surface area contributed by atoms with Gasteiger partial charge in [0.2, 0.25) is 11.8 Å². The second-order valence-electron chi connectivity index (χ2n) is 10.1. The number of halogens is 3. The van der Waals surface area contributed by atoms with Crippen LogP contribution >= 0.6 is 23.2 Å². The molecule has 220 valence electrons. The number of hydrogen-bond acceptors (Lipinski definition) is 10. The van der Waals surface area contributed by atoms with Crippen LogP contribution in [0.2, 0.25) is 10.2 Å². The number of anilines is 1. The summed E-state index contributed by atoms with van der Waals surface area (Å²) in [6, 6.07) is 2.94. The van der Waals surface area contributed by atoms with Gasteiger partial charge in [0.05, 0.1) is 22.5 Å². The van der Waals surface area contributed by atoms with Gasteiger partial charge in [-0.15, -0.1) is 0 Å². The van der Waals surface area contributed by atoms with E-state index >= 15 is 0 Å². The van der Waals surface area contributed by atoms with Crippen molar-refractivity contribution in [2.45, 2.75) is 12.2 Å². The van der Waals surface area contributed by atoms with Crippen LogP contribution in [0.25, 0.3) is 21.8 Å². The maximum absolute atomic E-state index is 14.7. The van der Waals surface area contributed by atoms with E-state index in [1.54, 1.807) is 18.1 Å². The number of nitrogens with zero attached hydrogens (tertiary/aromatic N) is 7. The highest BCUT2D eigenvalue weighted by Crippen LogP contribution is 2.41. The molecule has 1 amide bonds. The van der Waals surface area contributed by atoms with Gasteiger partial charge in [-0.3, -0.25) is 14.8 Å². The zero-order chi connectivity index (χ0) is 29.5. The van der Waals surface area contributed by atoms with Gasteiger partial charge in [0.25, 0.3) is 0 Å². The number of aromatic nitrogens is 5. The maximum atomic E-state index is 14.7. The van der Waals surface area contributed by atoms with Crippen LogP contribution in [0.1, 0.15) is 0 Å². The van der Waals surface area contributed by atoms with Crippen molar-refractivity contribution in [1.82, 2.24) is 34.9 Å². The minimum Gasteiger partial charge on any atom is -0.456 e. The molecule has 1 aromatic carbocycles. The predicted molar refractivity (Wildman–Crippen MR) is 155 cm³/mol. The summed E-state index contributed by atoms with van der Waals surface area (Å²) in [5, 5.41) is 7.53. The number of carbonyl (C=O) groups excluding carboxylic acids is 1. The third kappa shape index (κ3) is 5.28. The first-order valence-corrected chi connectivity index (χ1v) is 13.9. The molecule has 2 saturated heterocycles. The third-order valence-electron chi connectivity index (χ3n) is 7.39. The van der Waals surface area contributed by atoms with Crippen LogP contribution in [0.5, 0.6) is 17.6 Å². The molecule has 4 aromatic rings. The van der Waals surface area contributed by atoms with Crippen LogP contribution in [-0.2, 0) is 9.53 Å². The van der Waals surface area contributed by atoms with Crippen molar-refractivity contribution in [2.24, 2.45) is 0 Å². The normalized spacial score (nSPS) is 19.5. The smallest absolute Gasteiger partial charge is 0.319 e. The fourth-order valence-electron chi connectivity index (χ4n) is 5.27. The van der Waals surface area contributed by atoms with Gasteiger partial charge in [-0.05, 0) is 19.2 Å². The van der Waals surface area contributed by atoms with E-state index in [1.165, 1.54) is 18.3 Å². The molecular weight excluding hydrogens is 590 g/mol. The SMILES string of the molecule is C=CC(=O)N1CCN(c2nc(O[C@@H]3CN(C)C[C@H]3OC)nc3c(Oc4c(Cl)c(F)cc5[nH]ncc45)nc(Cl)cc23)CC1. The number of likely N-dealkylation sites (tertiary alicyclic amines) is 1. The molecular formula is C27H27Cl2FN8O4. The molecule has 0 saturated carbocycles. The maximum Gasteiger partial charge on any atom is 0.319 e. The van der Waals surface area contributed by atoms with E-state index < -0.39 is 5.82 Å². The van der Waals surface area contributed by atoms with Gasteiger partial charge in [-0.1, -0.05) is 29.8 Å². The van der Waals surface area contributed by atoms with E-state index in [2.05, 4.69) is 31.6 Å². The number of ether oxygens (including phenoxy) is 3. The largest absolute Gasteiger partial charge is 0.456 e. The number of benzene rings is 1. The van der Waals surface area contributed by atoms with E-state index in [-0.39, 0.29) is 51.4 Å². The Labute approximate surface area is 250 Å². The highest BCUT2D eigenvalue weighted by Gasteiger charge is 2.34. The number of piperazine rings is 1. The number of methoxy groups -OCH3 is 1. The molecule has 3 aromatic heterocycles. The van der Waals surface area contributed by atoms with Crippen molar-refractivity contribution in [3.05, 3.63) is 47.0 Å². The molecule has 2 atom stereocenters. The molecule has 2 aliphatic rings. The first-order valence-electron chi connectivity index (χ1n) is 13.2. The van der Waals surface area contributed by atoms with Gasteiger partial charge in [0.1, 0.15) is 39.5 Å². The van der Waals surface area contributed by atoms with Gasteiger partial charge in [-0.25, -0.2) is 4.39 Å². The molecule has 0 bridgehead atoms. The first kappa shape index (κ1) is 28.3. The monoisotopic (exact) mass is 616 g/mol. The van der Waals surface area contributed by atoms with Gasteiger partial charge < -0.3 is 24.0 Å². The summed E-state index contributed by atoms with van der Waals surface area (Å²) >= 11 is 12.8. The minimum atomic E-state index is -0.697. The minimum absolute atomic E-state index is 0.00697. The number of likely N-dealkylation sites (N-methyl/N-ethyl adjacent to an activating group) is 1. The van der Waals surface area contributed by atoms with E-state index in [4.69, 9.17) is 42.4 Å². The second-order valence-corrected chi connectivity index (χ2v) is 10.8. The fraction of sp³-hybridized carbons (Fsp3) is 0.370. The van der Waals surface area contributed by atoms with Gasteiger partial charge in [0.15, 0.2) is 5.75 Å². The van der Waals surface area contributed by atoms with Crippen LogP contribution in [0.3, 0.4) is 0 Å². The zero-order valence-electron chi connectivity index (χ0n) is 22.8. The van der Waals surface area contributed by atoms with E-state index in [0.29, 0.717) is 61.4 Å². The third-order valence-corrected chi connectivity index (χ3v) is 7.94. The van der Waals surface area contributed by atoms with Crippen molar-refractivity contribution in [2.75, 3.05) is 58.3 Å². The number of aromatic amines is 1. The Bertz CT molecular complexity index is 1680. The predicted octanol–water partition coefficient (Wildman–Crippen LogP) is 3.68. The van der Waals surface area contributed by atoms with Gasteiger partial charge >= 0.3 is 6.01 Å². The Morgan fingerprint density at radius 2 is 1.88 bits per heavy atom. The summed E-state index contributed by atoms with van der Waals surface area (Å²) in [5.41, 5.74) is 0.668.